The van der Waals surface area contributed by atoms with Crippen LogP contribution in [-0.4, -0.2) is 40.0 Å². The van der Waals surface area contributed by atoms with Crippen molar-refractivity contribution >= 4 is 33.7 Å². The van der Waals surface area contributed by atoms with Crippen molar-refractivity contribution in [2.45, 2.75) is 39.3 Å². The Morgan fingerprint density at radius 1 is 1.30 bits per heavy atom. The first-order valence-electron chi connectivity index (χ1n) is 7.12. The lowest BCUT2D eigenvalue weighted by Gasteiger charge is -2.23. The molecule has 0 saturated carbocycles. The van der Waals surface area contributed by atoms with Gasteiger partial charge in [0.05, 0.1) is 0 Å². The van der Waals surface area contributed by atoms with E-state index in [1.807, 2.05) is 0 Å². The summed E-state index contributed by atoms with van der Waals surface area (Å²) in [7, 11) is 0. The normalized spacial score (nSPS) is 13.3. The van der Waals surface area contributed by atoms with Crippen molar-refractivity contribution in [3.8, 4) is 0 Å². The molecule has 2 amide bonds. The highest BCUT2D eigenvalue weighted by Gasteiger charge is 2.28. The van der Waals surface area contributed by atoms with Crippen molar-refractivity contribution in [3.05, 3.63) is 28.5 Å². The van der Waals surface area contributed by atoms with Gasteiger partial charge in [-0.05, 0) is 33.5 Å². The summed E-state index contributed by atoms with van der Waals surface area (Å²) in [5.74, 6) is -2.19. The minimum Gasteiger partial charge on any atom is -0.480 e. The Morgan fingerprint density at radius 2 is 1.96 bits per heavy atom. The van der Waals surface area contributed by atoms with Crippen LogP contribution in [0.1, 0.15) is 26.3 Å². The summed E-state index contributed by atoms with van der Waals surface area (Å²) in [4.78, 5) is 38.9. The molecule has 0 aliphatic carbocycles. The second kappa shape index (κ2) is 8.61. The second-order valence-corrected chi connectivity index (χ2v) is 6.23. The van der Waals surface area contributed by atoms with Crippen LogP contribution >= 0.6 is 15.9 Å². The predicted octanol–water partition coefficient (Wildman–Crippen LogP) is 1.12. The molecular weight excluding hydrogens is 366 g/mol. The zero-order valence-corrected chi connectivity index (χ0v) is 14.8. The molecule has 1 heterocycles. The highest BCUT2D eigenvalue weighted by Crippen LogP contribution is 2.15. The van der Waals surface area contributed by atoms with E-state index in [1.165, 1.54) is 6.92 Å². The molecule has 8 heteroatoms. The largest absolute Gasteiger partial charge is 0.480 e. The number of rotatable bonds is 7. The van der Waals surface area contributed by atoms with Crippen LogP contribution in [0.25, 0.3) is 0 Å². The number of halogens is 1. The van der Waals surface area contributed by atoms with E-state index in [2.05, 4.69) is 31.5 Å². The molecule has 0 radical (unpaired) electrons. The first-order valence-corrected chi connectivity index (χ1v) is 7.91. The minimum absolute atomic E-state index is 0.0837. The van der Waals surface area contributed by atoms with Crippen LogP contribution < -0.4 is 10.6 Å². The number of aliphatic carboxylic acids is 1. The van der Waals surface area contributed by atoms with Gasteiger partial charge in [-0.2, -0.15) is 0 Å². The van der Waals surface area contributed by atoms with Crippen LogP contribution in [0.3, 0.4) is 0 Å². The molecule has 3 N–H and O–H groups in total. The molecule has 0 aliphatic rings. The van der Waals surface area contributed by atoms with E-state index in [1.54, 1.807) is 32.2 Å². The predicted molar refractivity (Wildman–Crippen MR) is 87.7 cm³/mol. The lowest BCUT2D eigenvalue weighted by Crippen LogP contribution is -2.53. The maximum Gasteiger partial charge on any atom is 0.326 e. The van der Waals surface area contributed by atoms with Gasteiger partial charge in [-0.15, -0.1) is 0 Å². The van der Waals surface area contributed by atoms with E-state index in [0.29, 0.717) is 10.2 Å². The molecule has 1 aromatic heterocycles. The summed E-state index contributed by atoms with van der Waals surface area (Å²) in [6, 6.07) is 1.52. The standard InChI is InChI=1S/C15H20BrN3O4/c1-8(2)12(18-9(3)20)14(21)19-11(15(22)23)7-10-5-4-6-17-13(10)16/h4-6,8,11-12H,7H2,1-3H3,(H,18,20)(H,19,21)(H,22,23)/t11-,12+/m0/s1. The Balaban J connectivity index is 2.86. The average molecular weight is 386 g/mol. The maximum atomic E-state index is 12.3. The Bertz CT molecular complexity index is 592. The van der Waals surface area contributed by atoms with E-state index >= 15 is 0 Å². The van der Waals surface area contributed by atoms with Gasteiger partial charge in [-0.1, -0.05) is 19.9 Å². The number of carbonyl (C=O) groups is 3. The zero-order chi connectivity index (χ0) is 17.6. The fourth-order valence-corrected chi connectivity index (χ4v) is 2.42. The van der Waals surface area contributed by atoms with E-state index < -0.39 is 24.0 Å². The van der Waals surface area contributed by atoms with Gasteiger partial charge in [-0.3, -0.25) is 9.59 Å². The highest BCUT2D eigenvalue weighted by atomic mass is 79.9. The van der Waals surface area contributed by atoms with Gasteiger partial charge in [0.15, 0.2) is 0 Å². The van der Waals surface area contributed by atoms with Gasteiger partial charge in [0.2, 0.25) is 11.8 Å². The Morgan fingerprint density at radius 3 is 2.43 bits per heavy atom. The van der Waals surface area contributed by atoms with E-state index in [4.69, 9.17) is 0 Å². The molecule has 23 heavy (non-hydrogen) atoms. The Labute approximate surface area is 143 Å². The molecule has 0 saturated heterocycles. The van der Waals surface area contributed by atoms with Gasteiger partial charge in [0.25, 0.3) is 0 Å². The second-order valence-electron chi connectivity index (χ2n) is 5.48. The number of amides is 2. The number of pyridine rings is 1. The molecule has 0 fully saturated rings. The highest BCUT2D eigenvalue weighted by molar-refractivity contribution is 9.10. The lowest BCUT2D eigenvalue weighted by molar-refractivity contribution is -0.142. The van der Waals surface area contributed by atoms with E-state index in [-0.39, 0.29) is 18.2 Å². The molecule has 0 unspecified atom stereocenters. The molecule has 126 valence electrons. The fourth-order valence-electron chi connectivity index (χ4n) is 2.01. The zero-order valence-electron chi connectivity index (χ0n) is 13.2. The first-order chi connectivity index (χ1) is 10.7. The SMILES string of the molecule is CC(=O)N[C@@H](C(=O)N[C@@H](Cc1cccnc1Br)C(=O)O)C(C)C. The van der Waals surface area contributed by atoms with Gasteiger partial charge in [0.1, 0.15) is 16.7 Å². The van der Waals surface area contributed by atoms with E-state index in [9.17, 15) is 19.5 Å². The summed E-state index contributed by atoms with van der Waals surface area (Å²) < 4.78 is 0.530. The lowest BCUT2D eigenvalue weighted by atomic mass is 10.0. The minimum atomic E-state index is -1.15. The molecule has 0 bridgehead atoms. The van der Waals surface area contributed by atoms with Crippen molar-refractivity contribution in [1.82, 2.24) is 15.6 Å². The Hall–Kier alpha value is -1.96. The number of hydrogen-bond donors (Lipinski definition) is 3. The number of nitrogens with one attached hydrogen (secondary N) is 2. The third kappa shape index (κ3) is 5.97. The number of carboxylic acids is 1. The molecule has 0 aromatic carbocycles. The molecule has 2 atom stereocenters. The number of carboxylic acid groups (broad SMARTS) is 1. The summed E-state index contributed by atoms with van der Waals surface area (Å²) in [6.45, 7) is 4.85. The van der Waals surface area contributed by atoms with Crippen LogP contribution in [0.15, 0.2) is 22.9 Å². The van der Waals surface area contributed by atoms with Gasteiger partial charge in [-0.25, -0.2) is 9.78 Å². The van der Waals surface area contributed by atoms with Gasteiger partial charge < -0.3 is 15.7 Å². The first kappa shape index (κ1) is 19.1. The summed E-state index contributed by atoms with van der Waals surface area (Å²) in [6.07, 6.45) is 1.66. The smallest absolute Gasteiger partial charge is 0.326 e. The number of carbonyl (C=O) groups excluding carboxylic acids is 2. The topological polar surface area (TPSA) is 108 Å². The van der Waals surface area contributed by atoms with Crippen molar-refractivity contribution in [2.24, 2.45) is 5.92 Å². The number of hydrogen-bond acceptors (Lipinski definition) is 4. The molecule has 1 rings (SSSR count). The monoisotopic (exact) mass is 385 g/mol. The van der Waals surface area contributed by atoms with Crippen LogP contribution in [0.4, 0.5) is 0 Å². The summed E-state index contributed by atoms with van der Waals surface area (Å²) >= 11 is 3.25. The van der Waals surface area contributed by atoms with Crippen LogP contribution in [0.2, 0.25) is 0 Å². The van der Waals surface area contributed by atoms with E-state index in [0.717, 1.165) is 0 Å². The van der Waals surface area contributed by atoms with Gasteiger partial charge >= 0.3 is 5.97 Å². The van der Waals surface area contributed by atoms with Crippen LogP contribution in [-0.2, 0) is 20.8 Å². The fraction of sp³-hybridized carbons (Fsp3) is 0.467. The Kier molecular flexibility index (Phi) is 7.15. The van der Waals surface area contributed by atoms with Crippen molar-refractivity contribution in [3.63, 3.8) is 0 Å². The van der Waals surface area contributed by atoms with Gasteiger partial charge in [0, 0.05) is 19.5 Å². The third-order valence-electron chi connectivity index (χ3n) is 3.18. The molecular formula is C15H20BrN3O4. The summed E-state index contributed by atoms with van der Waals surface area (Å²) in [5.41, 5.74) is 0.667. The summed E-state index contributed by atoms with van der Waals surface area (Å²) in [5, 5.41) is 14.3. The maximum absolute atomic E-state index is 12.3. The van der Waals surface area contributed by atoms with Crippen LogP contribution in [0.5, 0.6) is 0 Å². The van der Waals surface area contributed by atoms with Crippen molar-refractivity contribution in [1.29, 1.82) is 0 Å². The van der Waals surface area contributed by atoms with Crippen LogP contribution in [0, 0.1) is 5.92 Å². The van der Waals surface area contributed by atoms with Crippen molar-refractivity contribution < 1.29 is 19.5 Å². The molecule has 1 aromatic rings. The molecule has 0 aliphatic heterocycles. The number of aromatic nitrogens is 1. The third-order valence-corrected chi connectivity index (χ3v) is 3.90. The van der Waals surface area contributed by atoms with Crippen molar-refractivity contribution in [2.75, 3.05) is 0 Å². The quantitative estimate of drug-likeness (QED) is 0.609. The average Bonchev–Trinajstić information content (AvgIpc) is 2.45. The molecule has 7 nitrogen and oxygen atoms in total. The number of nitrogens with zero attached hydrogens (tertiary/aromatic N) is 1. The molecule has 0 spiro atoms.